The number of hydrogen-bond acceptors (Lipinski definition) is 3. The number of ether oxygens (including phenoxy) is 1. The van der Waals surface area contributed by atoms with Crippen LogP contribution in [0.3, 0.4) is 0 Å². The lowest BCUT2D eigenvalue weighted by atomic mass is 10.0. The van der Waals surface area contributed by atoms with Crippen molar-refractivity contribution in [2.45, 2.75) is 296 Å². The van der Waals surface area contributed by atoms with Gasteiger partial charge in [0.1, 0.15) is 0 Å². The summed E-state index contributed by atoms with van der Waals surface area (Å²) < 4.78 is 5.30. The van der Waals surface area contributed by atoms with Crippen molar-refractivity contribution in [2.24, 2.45) is 0 Å². The third-order valence-electron chi connectivity index (χ3n) is 11.3. The lowest BCUT2D eigenvalue weighted by Gasteiger charge is -2.12. The highest BCUT2D eigenvalue weighted by Crippen LogP contribution is 2.18. The first-order valence-corrected chi connectivity index (χ1v) is 24.0. The van der Waals surface area contributed by atoms with E-state index in [4.69, 9.17) is 4.74 Å². The SMILES string of the molecule is CCCCCCCCCCCCCCCCCCCCCCCC(=O)OC(CCCCCCCCCCCCCCCCCCCCCC)C([O])=O. The quantitative estimate of drug-likeness (QED) is 0.0462. The van der Waals surface area contributed by atoms with Crippen molar-refractivity contribution >= 4 is 11.9 Å². The van der Waals surface area contributed by atoms with Crippen molar-refractivity contribution in [3.8, 4) is 0 Å². The highest BCUT2D eigenvalue weighted by atomic mass is 16.6. The van der Waals surface area contributed by atoms with Crippen LogP contribution < -0.4 is 0 Å². The van der Waals surface area contributed by atoms with E-state index < -0.39 is 12.1 Å². The molecule has 1 radical (unpaired) electrons. The van der Waals surface area contributed by atoms with Gasteiger partial charge in [0.2, 0.25) is 6.10 Å². The average molecular weight is 734 g/mol. The summed E-state index contributed by atoms with van der Waals surface area (Å²) in [5, 5.41) is 11.5. The third-order valence-corrected chi connectivity index (χ3v) is 11.3. The maximum absolute atomic E-state index is 12.3. The lowest BCUT2D eigenvalue weighted by molar-refractivity contribution is -0.168. The molecule has 0 saturated carbocycles. The summed E-state index contributed by atoms with van der Waals surface area (Å²) >= 11 is 0. The van der Waals surface area contributed by atoms with Gasteiger partial charge in [0.25, 0.3) is 0 Å². The van der Waals surface area contributed by atoms with Gasteiger partial charge in [0.15, 0.2) is 0 Å². The van der Waals surface area contributed by atoms with Crippen LogP contribution in [-0.4, -0.2) is 18.0 Å². The largest absolute Gasteiger partial charge is 0.450 e. The molecule has 309 valence electrons. The molecule has 0 amide bonds. The first-order chi connectivity index (χ1) is 25.6. The van der Waals surface area contributed by atoms with Crippen LogP contribution in [0.5, 0.6) is 0 Å². The first-order valence-electron chi connectivity index (χ1n) is 24.0. The van der Waals surface area contributed by atoms with Crippen molar-refractivity contribution in [3.05, 3.63) is 0 Å². The summed E-state index contributed by atoms with van der Waals surface area (Å²) in [6, 6.07) is 0. The molecule has 0 heterocycles. The Labute approximate surface area is 326 Å². The molecule has 1 unspecified atom stereocenters. The average Bonchev–Trinajstić information content (AvgIpc) is 3.14. The Morgan fingerprint density at radius 2 is 0.538 bits per heavy atom. The molecule has 0 rings (SSSR count). The molecule has 4 heteroatoms. The smallest absolute Gasteiger partial charge is 0.395 e. The van der Waals surface area contributed by atoms with E-state index in [0.29, 0.717) is 12.8 Å². The fourth-order valence-corrected chi connectivity index (χ4v) is 7.73. The Morgan fingerprint density at radius 1 is 0.327 bits per heavy atom. The Hall–Kier alpha value is -1.06. The summed E-state index contributed by atoms with van der Waals surface area (Å²) in [6.07, 6.45) is 54.1. The molecule has 0 N–H and O–H groups in total. The first kappa shape index (κ1) is 50.9. The highest BCUT2D eigenvalue weighted by Gasteiger charge is 2.23. The minimum absolute atomic E-state index is 0.322. The van der Waals surface area contributed by atoms with E-state index in [2.05, 4.69) is 13.8 Å². The molecule has 0 bridgehead atoms. The second-order valence-electron chi connectivity index (χ2n) is 16.6. The van der Waals surface area contributed by atoms with Gasteiger partial charge in [-0.25, -0.2) is 9.90 Å². The zero-order valence-corrected chi connectivity index (χ0v) is 35.6. The molecular weight excluding hydrogens is 641 g/mol. The number of unbranched alkanes of at least 4 members (excludes halogenated alkanes) is 39. The predicted octanol–water partition coefficient (Wildman–Crippen LogP) is 16.7. The van der Waals surface area contributed by atoms with Crippen LogP contribution in [0.4, 0.5) is 0 Å². The van der Waals surface area contributed by atoms with Gasteiger partial charge >= 0.3 is 11.9 Å². The fraction of sp³-hybridized carbons (Fsp3) is 0.958. The van der Waals surface area contributed by atoms with Crippen molar-refractivity contribution in [3.63, 3.8) is 0 Å². The van der Waals surface area contributed by atoms with Crippen LogP contribution in [0.15, 0.2) is 0 Å². The molecule has 0 spiro atoms. The van der Waals surface area contributed by atoms with E-state index in [-0.39, 0.29) is 5.97 Å². The Kier molecular flexibility index (Phi) is 43.4. The van der Waals surface area contributed by atoms with Gasteiger partial charge in [0, 0.05) is 6.42 Å². The Morgan fingerprint density at radius 3 is 0.769 bits per heavy atom. The molecule has 1 atom stereocenters. The van der Waals surface area contributed by atoms with Crippen molar-refractivity contribution in [2.75, 3.05) is 0 Å². The summed E-state index contributed by atoms with van der Waals surface area (Å²) in [7, 11) is 0. The normalized spacial score (nSPS) is 12.0. The maximum atomic E-state index is 12.3. The topological polar surface area (TPSA) is 63.3 Å². The van der Waals surface area contributed by atoms with Gasteiger partial charge in [-0.2, -0.15) is 0 Å². The molecule has 0 aromatic heterocycles. The van der Waals surface area contributed by atoms with Crippen LogP contribution >= 0.6 is 0 Å². The predicted molar refractivity (Wildman–Crippen MR) is 225 cm³/mol. The third kappa shape index (κ3) is 41.7. The number of rotatable bonds is 45. The summed E-state index contributed by atoms with van der Waals surface area (Å²) in [5.74, 6) is -1.62. The van der Waals surface area contributed by atoms with Crippen LogP contribution in [0, 0.1) is 0 Å². The fourth-order valence-electron chi connectivity index (χ4n) is 7.73. The minimum Gasteiger partial charge on any atom is -0.450 e. The van der Waals surface area contributed by atoms with E-state index in [9.17, 15) is 14.7 Å². The monoisotopic (exact) mass is 734 g/mol. The number of esters is 1. The van der Waals surface area contributed by atoms with Gasteiger partial charge in [-0.15, -0.1) is 0 Å². The van der Waals surface area contributed by atoms with E-state index in [1.54, 1.807) is 0 Å². The summed E-state index contributed by atoms with van der Waals surface area (Å²) in [6.45, 7) is 4.57. The number of carbonyl (C=O) groups excluding carboxylic acids is 2. The van der Waals surface area contributed by atoms with Gasteiger partial charge in [-0.3, -0.25) is 4.79 Å². The number of carbonyl (C=O) groups is 2. The van der Waals surface area contributed by atoms with Crippen molar-refractivity contribution < 1.29 is 19.4 Å². The second-order valence-corrected chi connectivity index (χ2v) is 16.6. The molecule has 0 aromatic rings. The Bertz CT molecular complexity index is 706. The summed E-state index contributed by atoms with van der Waals surface area (Å²) in [5.41, 5.74) is 0. The molecule has 0 aliphatic carbocycles. The maximum Gasteiger partial charge on any atom is 0.395 e. The van der Waals surface area contributed by atoms with Crippen LogP contribution in [0.2, 0.25) is 0 Å². The Balaban J connectivity index is 3.43. The van der Waals surface area contributed by atoms with E-state index in [1.165, 1.54) is 225 Å². The zero-order valence-electron chi connectivity index (χ0n) is 35.6. The summed E-state index contributed by atoms with van der Waals surface area (Å²) in [4.78, 5) is 23.8. The standard InChI is InChI=1S/C48H93O4/c1-3-5-7-9-11-13-15-17-19-21-23-25-27-29-31-33-35-37-39-41-43-45-47(49)52-46(48(50)51)44-42-40-38-36-34-32-30-28-26-24-22-20-18-16-14-12-10-8-6-4-2/h46H,3-45H2,1-2H3. The van der Waals surface area contributed by atoms with Crippen LogP contribution in [-0.2, 0) is 19.4 Å². The van der Waals surface area contributed by atoms with E-state index >= 15 is 0 Å². The molecule has 52 heavy (non-hydrogen) atoms. The van der Waals surface area contributed by atoms with E-state index in [1.807, 2.05) is 0 Å². The van der Waals surface area contributed by atoms with Gasteiger partial charge < -0.3 is 4.74 Å². The number of hydrogen-bond donors (Lipinski definition) is 0. The molecular formula is C48H93O4. The second kappa shape index (κ2) is 44.3. The molecule has 4 nitrogen and oxygen atoms in total. The minimum atomic E-state index is -1.25. The lowest BCUT2D eigenvalue weighted by Crippen LogP contribution is -2.26. The molecule has 0 aromatic carbocycles. The zero-order chi connectivity index (χ0) is 37.8. The molecule has 0 aliphatic rings. The van der Waals surface area contributed by atoms with Gasteiger partial charge in [-0.1, -0.05) is 264 Å². The molecule has 0 saturated heterocycles. The molecule has 0 fully saturated rings. The van der Waals surface area contributed by atoms with Gasteiger partial charge in [0.05, 0.1) is 0 Å². The van der Waals surface area contributed by atoms with Gasteiger partial charge in [-0.05, 0) is 19.3 Å². The van der Waals surface area contributed by atoms with Crippen LogP contribution in [0.25, 0.3) is 0 Å². The molecule has 0 aliphatic heterocycles. The van der Waals surface area contributed by atoms with Crippen molar-refractivity contribution in [1.82, 2.24) is 0 Å². The van der Waals surface area contributed by atoms with Crippen LogP contribution in [0.1, 0.15) is 290 Å². The highest BCUT2D eigenvalue weighted by molar-refractivity contribution is 5.77. The van der Waals surface area contributed by atoms with E-state index in [0.717, 1.165) is 38.5 Å². The van der Waals surface area contributed by atoms with Crippen molar-refractivity contribution in [1.29, 1.82) is 0 Å².